The second-order valence-corrected chi connectivity index (χ2v) is 3.95. The van der Waals surface area contributed by atoms with E-state index in [0.717, 1.165) is 5.69 Å². The average molecular weight is 268 g/mol. The number of pyridine rings is 1. The maximum atomic E-state index is 13.2. The van der Waals surface area contributed by atoms with Crippen LogP contribution in [0.5, 0.6) is 5.75 Å². The highest BCUT2D eigenvalue weighted by molar-refractivity contribution is 6.30. The van der Waals surface area contributed by atoms with Crippen LogP contribution in [0, 0.1) is 5.82 Å². The number of halogens is 2. The molecule has 1 aromatic carbocycles. The van der Waals surface area contributed by atoms with Crippen LogP contribution >= 0.6 is 11.6 Å². The topological polar surface area (TPSA) is 60.2 Å². The number of hydrogen-bond acceptors (Lipinski definition) is 4. The van der Waals surface area contributed by atoms with Crippen LogP contribution in [-0.2, 0) is 6.61 Å². The van der Waals surface area contributed by atoms with Gasteiger partial charge in [0.2, 0.25) is 0 Å². The minimum atomic E-state index is -0.514. The zero-order chi connectivity index (χ0) is 13.0. The van der Waals surface area contributed by atoms with Crippen molar-refractivity contribution < 1.29 is 9.13 Å². The van der Waals surface area contributed by atoms with E-state index in [1.807, 2.05) is 0 Å². The van der Waals surface area contributed by atoms with Gasteiger partial charge in [-0.15, -0.1) is 0 Å². The highest BCUT2D eigenvalue weighted by Crippen LogP contribution is 2.21. The first kappa shape index (κ1) is 12.6. The number of aromatic nitrogens is 1. The molecule has 2 rings (SSSR count). The summed E-state index contributed by atoms with van der Waals surface area (Å²) in [6.07, 6.45) is 1.61. The Morgan fingerprint density at radius 1 is 1.33 bits per heavy atom. The molecule has 0 saturated heterocycles. The summed E-state index contributed by atoms with van der Waals surface area (Å²) >= 11 is 5.57. The maximum Gasteiger partial charge on any atom is 0.145 e. The molecule has 0 aliphatic carbocycles. The summed E-state index contributed by atoms with van der Waals surface area (Å²) in [5.74, 6) is 5.16. The number of nitrogens with zero attached hydrogens (tertiary/aromatic N) is 1. The van der Waals surface area contributed by atoms with Crippen molar-refractivity contribution in [3.05, 3.63) is 53.1 Å². The van der Waals surface area contributed by atoms with Crippen molar-refractivity contribution in [1.82, 2.24) is 4.98 Å². The summed E-state index contributed by atoms with van der Waals surface area (Å²) in [6, 6.07) is 7.74. The summed E-state index contributed by atoms with van der Waals surface area (Å²) in [5, 5.41) is 0.0646. The molecule has 0 saturated carbocycles. The fraction of sp³-hybridized carbons (Fsp3) is 0.0833. The molecule has 4 nitrogen and oxygen atoms in total. The molecular formula is C12H11ClFN3O. The molecule has 0 aliphatic rings. The molecule has 0 radical (unpaired) electrons. The quantitative estimate of drug-likeness (QED) is 0.661. The smallest absolute Gasteiger partial charge is 0.145 e. The first-order chi connectivity index (χ1) is 8.69. The number of rotatable bonds is 4. The van der Waals surface area contributed by atoms with E-state index in [0.29, 0.717) is 11.4 Å². The van der Waals surface area contributed by atoms with Gasteiger partial charge in [0.1, 0.15) is 18.2 Å². The van der Waals surface area contributed by atoms with Gasteiger partial charge in [-0.25, -0.2) is 4.39 Å². The first-order valence-corrected chi connectivity index (χ1v) is 5.56. The third kappa shape index (κ3) is 3.09. The van der Waals surface area contributed by atoms with Gasteiger partial charge < -0.3 is 10.2 Å². The third-order valence-corrected chi connectivity index (χ3v) is 2.57. The molecule has 0 aliphatic heterocycles. The van der Waals surface area contributed by atoms with E-state index >= 15 is 0 Å². The van der Waals surface area contributed by atoms with Crippen LogP contribution in [0.3, 0.4) is 0 Å². The summed E-state index contributed by atoms with van der Waals surface area (Å²) in [6.45, 7) is 0.219. The van der Waals surface area contributed by atoms with Crippen molar-refractivity contribution in [1.29, 1.82) is 0 Å². The van der Waals surface area contributed by atoms with Crippen LogP contribution in [-0.4, -0.2) is 4.98 Å². The van der Waals surface area contributed by atoms with Crippen LogP contribution < -0.4 is 16.0 Å². The lowest BCUT2D eigenvalue weighted by atomic mass is 10.3. The molecular weight excluding hydrogens is 257 g/mol. The highest BCUT2D eigenvalue weighted by atomic mass is 35.5. The van der Waals surface area contributed by atoms with E-state index in [-0.39, 0.29) is 11.6 Å². The molecule has 3 N–H and O–H groups in total. The fourth-order valence-electron chi connectivity index (χ4n) is 1.37. The average Bonchev–Trinajstić information content (AvgIpc) is 2.40. The summed E-state index contributed by atoms with van der Waals surface area (Å²) in [4.78, 5) is 4.10. The van der Waals surface area contributed by atoms with Crippen LogP contribution in [0.1, 0.15) is 5.69 Å². The Bertz CT molecular complexity index is 551. The molecule has 18 heavy (non-hydrogen) atoms. The minimum absolute atomic E-state index is 0.0646. The van der Waals surface area contributed by atoms with Gasteiger partial charge >= 0.3 is 0 Å². The van der Waals surface area contributed by atoms with Gasteiger partial charge in [0.25, 0.3) is 0 Å². The maximum absolute atomic E-state index is 13.2. The molecule has 0 fully saturated rings. The van der Waals surface area contributed by atoms with Crippen molar-refractivity contribution in [3.8, 4) is 5.75 Å². The molecule has 1 heterocycles. The normalized spacial score (nSPS) is 10.2. The van der Waals surface area contributed by atoms with E-state index in [2.05, 4.69) is 10.4 Å². The Morgan fingerprint density at radius 3 is 2.89 bits per heavy atom. The zero-order valence-electron chi connectivity index (χ0n) is 9.36. The monoisotopic (exact) mass is 267 g/mol. The zero-order valence-corrected chi connectivity index (χ0v) is 10.1. The van der Waals surface area contributed by atoms with Gasteiger partial charge in [-0.1, -0.05) is 11.6 Å². The lowest BCUT2D eigenvalue weighted by Crippen LogP contribution is -2.08. The number of hydrazine groups is 1. The van der Waals surface area contributed by atoms with E-state index in [4.69, 9.17) is 22.2 Å². The Kier molecular flexibility index (Phi) is 3.96. The minimum Gasteiger partial charge on any atom is -0.487 e. The Morgan fingerprint density at radius 2 is 2.17 bits per heavy atom. The predicted molar refractivity (Wildman–Crippen MR) is 67.8 cm³/mol. The van der Waals surface area contributed by atoms with Gasteiger partial charge in [0, 0.05) is 12.3 Å². The Balaban J connectivity index is 2.04. The second-order valence-electron chi connectivity index (χ2n) is 3.54. The van der Waals surface area contributed by atoms with Gasteiger partial charge in [-0.2, -0.15) is 0 Å². The number of anilines is 1. The van der Waals surface area contributed by atoms with Crippen molar-refractivity contribution >= 4 is 17.3 Å². The second kappa shape index (κ2) is 5.66. The van der Waals surface area contributed by atoms with E-state index in [9.17, 15) is 4.39 Å². The van der Waals surface area contributed by atoms with Gasteiger partial charge in [0.15, 0.2) is 0 Å². The molecule has 0 amide bonds. The first-order valence-electron chi connectivity index (χ1n) is 5.18. The standard InChI is InChI=1S/C12H11ClFN3O/c13-11-2-1-10(6-12(11)14)18-7-9-5-8(17-15)3-4-16-9/h1-6H,7,15H2,(H,16,17). The molecule has 0 unspecified atom stereocenters. The van der Waals surface area contributed by atoms with Crippen LogP contribution in [0.25, 0.3) is 0 Å². The number of nitrogen functional groups attached to an aromatic ring is 1. The Labute approximate surface area is 109 Å². The predicted octanol–water partition coefficient (Wildman–Crippen LogP) is 2.74. The van der Waals surface area contributed by atoms with Gasteiger partial charge in [-0.3, -0.25) is 10.8 Å². The van der Waals surface area contributed by atoms with E-state index in [1.165, 1.54) is 12.1 Å². The number of hydrogen-bond donors (Lipinski definition) is 2. The fourth-order valence-corrected chi connectivity index (χ4v) is 1.49. The highest BCUT2D eigenvalue weighted by Gasteiger charge is 2.03. The van der Waals surface area contributed by atoms with Gasteiger partial charge in [0.05, 0.1) is 16.4 Å². The summed E-state index contributed by atoms with van der Waals surface area (Å²) in [5.41, 5.74) is 3.92. The van der Waals surface area contributed by atoms with Crippen LogP contribution in [0.4, 0.5) is 10.1 Å². The van der Waals surface area contributed by atoms with Crippen molar-refractivity contribution in [2.24, 2.45) is 5.84 Å². The number of ether oxygens (including phenoxy) is 1. The summed E-state index contributed by atoms with van der Waals surface area (Å²) in [7, 11) is 0. The molecule has 6 heteroatoms. The van der Waals surface area contributed by atoms with Crippen LogP contribution in [0.2, 0.25) is 5.02 Å². The lowest BCUT2D eigenvalue weighted by molar-refractivity contribution is 0.300. The molecule has 0 spiro atoms. The van der Waals surface area contributed by atoms with Crippen molar-refractivity contribution in [2.45, 2.75) is 6.61 Å². The number of nitrogens with one attached hydrogen (secondary N) is 1. The Hall–Kier alpha value is -1.85. The molecule has 2 aromatic rings. The SMILES string of the molecule is NNc1ccnc(COc2ccc(Cl)c(F)c2)c1. The third-order valence-electron chi connectivity index (χ3n) is 2.26. The molecule has 1 aromatic heterocycles. The van der Waals surface area contributed by atoms with Gasteiger partial charge in [-0.05, 0) is 24.3 Å². The number of nitrogens with two attached hydrogens (primary N) is 1. The molecule has 94 valence electrons. The van der Waals surface area contributed by atoms with Crippen molar-refractivity contribution in [3.63, 3.8) is 0 Å². The summed E-state index contributed by atoms with van der Waals surface area (Å²) < 4.78 is 18.6. The van der Waals surface area contributed by atoms with E-state index in [1.54, 1.807) is 24.4 Å². The molecule has 0 atom stereocenters. The lowest BCUT2D eigenvalue weighted by Gasteiger charge is -2.07. The largest absolute Gasteiger partial charge is 0.487 e. The number of benzene rings is 1. The van der Waals surface area contributed by atoms with Crippen molar-refractivity contribution in [2.75, 3.05) is 5.43 Å². The molecule has 0 bridgehead atoms. The van der Waals surface area contributed by atoms with E-state index < -0.39 is 5.82 Å². The van der Waals surface area contributed by atoms with Crippen LogP contribution in [0.15, 0.2) is 36.5 Å².